The lowest BCUT2D eigenvalue weighted by Gasteiger charge is -2.21. The van der Waals surface area contributed by atoms with Crippen molar-refractivity contribution in [1.82, 2.24) is 9.88 Å². The number of hydrogen-bond donors (Lipinski definition) is 1. The van der Waals surface area contributed by atoms with Crippen molar-refractivity contribution in [2.45, 2.75) is 19.9 Å². The third-order valence-electron chi connectivity index (χ3n) is 3.62. The Balaban J connectivity index is 2.32. The number of rotatable bonds is 5. The van der Waals surface area contributed by atoms with Gasteiger partial charge in [-0.25, -0.2) is 0 Å². The molecule has 1 N–H and O–H groups in total. The highest BCUT2D eigenvalue weighted by molar-refractivity contribution is 5.73. The second kappa shape index (κ2) is 6.59. The smallest absolute Gasteiger partial charge is 0.130 e. The lowest BCUT2D eigenvalue weighted by molar-refractivity contribution is 0.198. The molecule has 0 aliphatic heterocycles. The van der Waals surface area contributed by atoms with E-state index in [0.29, 0.717) is 12.4 Å². The number of pyridine rings is 1. The van der Waals surface area contributed by atoms with E-state index in [1.54, 1.807) is 18.3 Å². The molecule has 1 atom stereocenters. The third kappa shape index (κ3) is 3.73. The summed E-state index contributed by atoms with van der Waals surface area (Å²) in [6.07, 6.45) is 1.77. The fourth-order valence-electron chi connectivity index (χ4n) is 1.98. The van der Waals surface area contributed by atoms with Gasteiger partial charge >= 0.3 is 0 Å². The fourth-order valence-corrected chi connectivity index (χ4v) is 1.98. The minimum atomic E-state index is 0.202. The number of phenols is 1. The highest BCUT2D eigenvalue weighted by atomic mass is 16.5. The molecule has 0 saturated heterocycles. The zero-order valence-corrected chi connectivity index (χ0v) is 13.0. The molecule has 21 heavy (non-hydrogen) atoms. The van der Waals surface area contributed by atoms with E-state index in [1.165, 1.54) is 0 Å². The Kier molecular flexibility index (Phi) is 4.81. The minimum Gasteiger partial charge on any atom is -0.508 e. The van der Waals surface area contributed by atoms with Crippen molar-refractivity contribution in [3.05, 3.63) is 42.2 Å². The van der Waals surface area contributed by atoms with Crippen LogP contribution in [0.25, 0.3) is 11.1 Å². The summed E-state index contributed by atoms with van der Waals surface area (Å²) in [6, 6.07) is 9.40. The Morgan fingerprint density at radius 3 is 2.67 bits per heavy atom. The normalized spacial score (nSPS) is 12.4. The summed E-state index contributed by atoms with van der Waals surface area (Å²) < 4.78 is 5.92. The summed E-state index contributed by atoms with van der Waals surface area (Å²) in [5.41, 5.74) is 2.91. The SMILES string of the molecule is Cc1ncccc1-c1ccc(O)cc1OCC(C)N(C)C. The molecule has 0 aliphatic carbocycles. The number of phenolic OH excluding ortho intramolecular Hbond substituents is 1. The Bertz CT molecular complexity index is 611. The first kappa shape index (κ1) is 15.3. The molecule has 2 rings (SSSR count). The molecule has 4 heteroatoms. The number of nitrogens with zero attached hydrogens (tertiary/aromatic N) is 2. The number of aryl methyl sites for hydroxylation is 1. The van der Waals surface area contributed by atoms with Crippen LogP contribution in [-0.2, 0) is 0 Å². The quantitative estimate of drug-likeness (QED) is 0.917. The highest BCUT2D eigenvalue weighted by Crippen LogP contribution is 2.34. The molecule has 0 radical (unpaired) electrons. The Hall–Kier alpha value is -2.07. The maximum absolute atomic E-state index is 9.72. The molecule has 0 saturated carbocycles. The number of ether oxygens (including phenoxy) is 1. The molecule has 1 aromatic heterocycles. The summed E-state index contributed by atoms with van der Waals surface area (Å²) in [5, 5.41) is 9.72. The van der Waals surface area contributed by atoms with E-state index in [2.05, 4.69) is 16.8 Å². The number of aromatic nitrogens is 1. The van der Waals surface area contributed by atoms with Crippen molar-refractivity contribution < 1.29 is 9.84 Å². The lowest BCUT2D eigenvalue weighted by Crippen LogP contribution is -2.30. The van der Waals surface area contributed by atoms with E-state index in [9.17, 15) is 5.11 Å². The monoisotopic (exact) mass is 286 g/mol. The van der Waals surface area contributed by atoms with E-state index in [-0.39, 0.29) is 11.8 Å². The van der Waals surface area contributed by atoms with E-state index < -0.39 is 0 Å². The predicted molar refractivity (Wildman–Crippen MR) is 84.7 cm³/mol. The van der Waals surface area contributed by atoms with Gasteiger partial charge in [0.2, 0.25) is 0 Å². The third-order valence-corrected chi connectivity index (χ3v) is 3.62. The van der Waals surface area contributed by atoms with Crippen molar-refractivity contribution in [2.75, 3.05) is 20.7 Å². The molecule has 112 valence electrons. The number of hydrogen-bond acceptors (Lipinski definition) is 4. The van der Waals surface area contributed by atoms with Crippen LogP contribution >= 0.6 is 0 Å². The van der Waals surface area contributed by atoms with Crippen LogP contribution in [0.4, 0.5) is 0 Å². The molecule has 1 heterocycles. The number of likely N-dealkylation sites (N-methyl/N-ethyl adjacent to an activating group) is 1. The summed E-state index contributed by atoms with van der Waals surface area (Å²) in [7, 11) is 4.03. The first-order valence-electron chi connectivity index (χ1n) is 7.03. The Morgan fingerprint density at radius 2 is 2.00 bits per heavy atom. The maximum atomic E-state index is 9.72. The molecular weight excluding hydrogens is 264 g/mol. The molecule has 4 nitrogen and oxygen atoms in total. The van der Waals surface area contributed by atoms with Crippen molar-refractivity contribution in [3.63, 3.8) is 0 Å². The summed E-state index contributed by atoms with van der Waals surface area (Å²) in [6.45, 7) is 4.62. The van der Waals surface area contributed by atoms with Crippen LogP contribution in [0.3, 0.4) is 0 Å². The van der Waals surface area contributed by atoms with Gasteiger partial charge in [0.1, 0.15) is 18.1 Å². The summed E-state index contributed by atoms with van der Waals surface area (Å²) >= 11 is 0. The first-order chi connectivity index (χ1) is 9.99. The topological polar surface area (TPSA) is 45.6 Å². The molecular formula is C17H22N2O2. The maximum Gasteiger partial charge on any atom is 0.130 e. The largest absolute Gasteiger partial charge is 0.508 e. The van der Waals surface area contributed by atoms with Crippen LogP contribution in [0.1, 0.15) is 12.6 Å². The van der Waals surface area contributed by atoms with Gasteiger partial charge < -0.3 is 14.7 Å². The summed E-state index contributed by atoms with van der Waals surface area (Å²) in [5.74, 6) is 0.882. The van der Waals surface area contributed by atoms with E-state index in [4.69, 9.17) is 4.74 Å². The van der Waals surface area contributed by atoms with Crippen LogP contribution in [0.5, 0.6) is 11.5 Å². The second-order valence-corrected chi connectivity index (χ2v) is 5.44. The van der Waals surface area contributed by atoms with Gasteiger partial charge in [-0.3, -0.25) is 4.98 Å². The molecule has 1 aromatic carbocycles. The second-order valence-electron chi connectivity index (χ2n) is 5.44. The molecule has 0 spiro atoms. The summed E-state index contributed by atoms with van der Waals surface area (Å²) in [4.78, 5) is 6.41. The molecule has 1 unspecified atom stereocenters. The first-order valence-corrected chi connectivity index (χ1v) is 7.03. The van der Waals surface area contributed by atoms with Crippen molar-refractivity contribution in [3.8, 4) is 22.6 Å². The molecule has 2 aromatic rings. The van der Waals surface area contributed by atoms with Crippen LogP contribution in [0, 0.1) is 6.92 Å². The number of benzene rings is 1. The highest BCUT2D eigenvalue weighted by Gasteiger charge is 2.12. The standard InChI is InChI=1S/C17H22N2O2/c1-12(19(3)4)11-21-17-10-14(20)7-8-16(17)15-6-5-9-18-13(15)2/h5-10,12,20H,11H2,1-4H3. The van der Waals surface area contributed by atoms with Crippen molar-refractivity contribution in [2.24, 2.45) is 0 Å². The van der Waals surface area contributed by atoms with Gasteiger partial charge in [-0.15, -0.1) is 0 Å². The molecule has 0 fully saturated rings. The lowest BCUT2D eigenvalue weighted by atomic mass is 10.0. The zero-order chi connectivity index (χ0) is 15.4. The van der Waals surface area contributed by atoms with E-state index in [1.807, 2.05) is 39.2 Å². The predicted octanol–water partition coefficient (Wildman–Crippen LogP) is 3.09. The van der Waals surface area contributed by atoms with Gasteiger partial charge in [-0.05, 0) is 46.1 Å². The van der Waals surface area contributed by atoms with Crippen LogP contribution in [-0.4, -0.2) is 41.7 Å². The Morgan fingerprint density at radius 1 is 1.24 bits per heavy atom. The van der Waals surface area contributed by atoms with Crippen LogP contribution < -0.4 is 4.74 Å². The van der Waals surface area contributed by atoms with Gasteiger partial charge in [-0.1, -0.05) is 6.07 Å². The van der Waals surface area contributed by atoms with Gasteiger partial charge in [0.05, 0.1) is 0 Å². The van der Waals surface area contributed by atoms with E-state index in [0.717, 1.165) is 16.8 Å². The fraction of sp³-hybridized carbons (Fsp3) is 0.353. The Labute approximate surface area is 126 Å². The van der Waals surface area contributed by atoms with Gasteiger partial charge in [0.15, 0.2) is 0 Å². The van der Waals surface area contributed by atoms with Crippen LogP contribution in [0.2, 0.25) is 0 Å². The zero-order valence-electron chi connectivity index (χ0n) is 13.0. The van der Waals surface area contributed by atoms with Crippen molar-refractivity contribution in [1.29, 1.82) is 0 Å². The van der Waals surface area contributed by atoms with Crippen LogP contribution in [0.15, 0.2) is 36.5 Å². The van der Waals surface area contributed by atoms with Gasteiger partial charge in [0, 0.05) is 35.1 Å². The number of aromatic hydroxyl groups is 1. The molecule has 0 bridgehead atoms. The molecule has 0 amide bonds. The minimum absolute atomic E-state index is 0.202. The van der Waals surface area contributed by atoms with E-state index >= 15 is 0 Å². The average molecular weight is 286 g/mol. The molecule has 0 aliphatic rings. The van der Waals surface area contributed by atoms with Gasteiger partial charge in [0.25, 0.3) is 0 Å². The van der Waals surface area contributed by atoms with Crippen molar-refractivity contribution >= 4 is 0 Å². The van der Waals surface area contributed by atoms with Gasteiger partial charge in [-0.2, -0.15) is 0 Å². The average Bonchev–Trinajstić information content (AvgIpc) is 2.45.